The Kier molecular flexibility index (Phi) is 5.35. The fourth-order valence-electron chi connectivity index (χ4n) is 2.00. The van der Waals surface area contributed by atoms with Gasteiger partial charge in [-0.25, -0.2) is 4.39 Å². The van der Waals surface area contributed by atoms with Crippen molar-refractivity contribution in [3.05, 3.63) is 59.4 Å². The summed E-state index contributed by atoms with van der Waals surface area (Å²) in [4.78, 5) is 12.3. The summed E-state index contributed by atoms with van der Waals surface area (Å²) in [7, 11) is 0. The van der Waals surface area contributed by atoms with E-state index in [1.54, 1.807) is 49.4 Å². The van der Waals surface area contributed by atoms with Gasteiger partial charge in [-0.15, -0.1) is 10.2 Å². The van der Waals surface area contributed by atoms with Crippen LogP contribution in [0.15, 0.2) is 58.2 Å². The molecule has 2 aromatic carbocycles. The number of nitrogens with zero attached hydrogens (tertiary/aromatic N) is 2. The maximum Gasteiger partial charge on any atom is 0.277 e. The fraction of sp³-hybridized carbons (Fsp3) is 0.118. The highest BCUT2D eigenvalue weighted by Crippen LogP contribution is 2.28. The Bertz CT molecular complexity index is 903. The van der Waals surface area contributed by atoms with Gasteiger partial charge >= 0.3 is 0 Å². The van der Waals surface area contributed by atoms with Crippen molar-refractivity contribution in [1.82, 2.24) is 10.2 Å². The SMILES string of the molecule is C[C@@H](Sc1nnc(-c2ccccc2F)o1)C(=O)Nc1ccccc1Cl. The van der Waals surface area contributed by atoms with Gasteiger partial charge in [0.25, 0.3) is 11.1 Å². The maximum absolute atomic E-state index is 13.7. The van der Waals surface area contributed by atoms with Crippen LogP contribution in [0.2, 0.25) is 5.02 Å². The Morgan fingerprint density at radius 1 is 1.20 bits per heavy atom. The van der Waals surface area contributed by atoms with E-state index >= 15 is 0 Å². The Morgan fingerprint density at radius 2 is 1.92 bits per heavy atom. The van der Waals surface area contributed by atoms with Gasteiger partial charge < -0.3 is 9.73 Å². The highest BCUT2D eigenvalue weighted by molar-refractivity contribution is 8.00. The van der Waals surface area contributed by atoms with Crippen LogP contribution >= 0.6 is 23.4 Å². The number of halogens is 2. The molecule has 0 radical (unpaired) electrons. The van der Waals surface area contributed by atoms with Crippen LogP contribution in [0.1, 0.15) is 6.92 Å². The Hall–Kier alpha value is -2.38. The predicted octanol–water partition coefficient (Wildman–Crippen LogP) is 4.65. The van der Waals surface area contributed by atoms with E-state index in [4.69, 9.17) is 16.0 Å². The van der Waals surface area contributed by atoms with E-state index in [-0.39, 0.29) is 22.6 Å². The molecule has 0 unspecified atom stereocenters. The van der Waals surface area contributed by atoms with Crippen LogP contribution in [-0.2, 0) is 4.79 Å². The van der Waals surface area contributed by atoms with Gasteiger partial charge in [0.15, 0.2) is 0 Å². The van der Waals surface area contributed by atoms with Crippen molar-refractivity contribution in [2.45, 2.75) is 17.4 Å². The quantitative estimate of drug-likeness (QED) is 0.655. The summed E-state index contributed by atoms with van der Waals surface area (Å²) in [5, 5.41) is 10.5. The molecule has 1 atom stereocenters. The van der Waals surface area contributed by atoms with Gasteiger partial charge in [-0.3, -0.25) is 4.79 Å². The first-order chi connectivity index (χ1) is 12.0. The summed E-state index contributed by atoms with van der Waals surface area (Å²) < 4.78 is 19.2. The van der Waals surface area contributed by atoms with Crippen molar-refractivity contribution in [1.29, 1.82) is 0 Å². The second-order valence-electron chi connectivity index (χ2n) is 5.08. The summed E-state index contributed by atoms with van der Waals surface area (Å²) in [6, 6.07) is 13.1. The van der Waals surface area contributed by atoms with Gasteiger partial charge in [0.2, 0.25) is 5.91 Å². The number of carbonyl (C=O) groups excluding carboxylic acids is 1. The number of hydrogen-bond donors (Lipinski definition) is 1. The van der Waals surface area contributed by atoms with Gasteiger partial charge in [0.05, 0.1) is 21.5 Å². The number of carbonyl (C=O) groups is 1. The molecule has 0 aliphatic heterocycles. The molecule has 0 saturated carbocycles. The zero-order chi connectivity index (χ0) is 17.8. The molecule has 1 amide bonds. The van der Waals surface area contributed by atoms with Crippen LogP contribution < -0.4 is 5.32 Å². The lowest BCUT2D eigenvalue weighted by atomic mass is 10.2. The van der Waals surface area contributed by atoms with Crippen molar-refractivity contribution in [3.63, 3.8) is 0 Å². The van der Waals surface area contributed by atoms with Crippen LogP contribution in [0.4, 0.5) is 10.1 Å². The number of anilines is 1. The molecule has 0 spiro atoms. The van der Waals surface area contributed by atoms with Crippen LogP contribution in [0.5, 0.6) is 0 Å². The molecule has 1 aromatic heterocycles. The number of benzene rings is 2. The van der Waals surface area contributed by atoms with E-state index < -0.39 is 11.1 Å². The monoisotopic (exact) mass is 377 g/mol. The lowest BCUT2D eigenvalue weighted by Gasteiger charge is -2.10. The summed E-state index contributed by atoms with van der Waals surface area (Å²) >= 11 is 7.10. The Morgan fingerprint density at radius 3 is 2.68 bits per heavy atom. The van der Waals surface area contributed by atoms with Crippen LogP contribution in [0, 0.1) is 5.82 Å². The van der Waals surface area contributed by atoms with Gasteiger partial charge in [-0.05, 0) is 31.2 Å². The van der Waals surface area contributed by atoms with Crippen LogP contribution in [0.25, 0.3) is 11.5 Å². The zero-order valence-electron chi connectivity index (χ0n) is 13.1. The van der Waals surface area contributed by atoms with Crippen molar-refractivity contribution in [2.24, 2.45) is 0 Å². The molecule has 128 valence electrons. The summed E-state index contributed by atoms with van der Waals surface area (Å²) in [6.45, 7) is 1.70. The second-order valence-corrected chi connectivity index (χ2v) is 6.78. The average molecular weight is 378 g/mol. The van der Waals surface area contributed by atoms with E-state index in [1.807, 2.05) is 0 Å². The third kappa shape index (κ3) is 4.18. The van der Waals surface area contributed by atoms with E-state index in [2.05, 4.69) is 15.5 Å². The van der Waals surface area contributed by atoms with E-state index in [9.17, 15) is 9.18 Å². The molecule has 25 heavy (non-hydrogen) atoms. The summed E-state index contributed by atoms with van der Waals surface area (Å²) in [5.41, 5.74) is 0.745. The molecule has 1 heterocycles. The number of amides is 1. The molecule has 3 rings (SSSR count). The Labute approximate surface area is 152 Å². The highest BCUT2D eigenvalue weighted by atomic mass is 35.5. The predicted molar refractivity (Wildman–Crippen MR) is 95.1 cm³/mol. The number of nitrogens with one attached hydrogen (secondary N) is 1. The standard InChI is InChI=1S/C17H13ClFN3O2S/c1-10(15(23)20-14-9-5-3-7-12(14)18)25-17-22-21-16(24-17)11-6-2-4-8-13(11)19/h2-10H,1H3,(H,20,23)/t10-/m1/s1. The number of para-hydroxylation sites is 1. The second kappa shape index (κ2) is 7.67. The molecule has 5 nitrogen and oxygen atoms in total. The van der Waals surface area contributed by atoms with Crippen molar-refractivity contribution in [2.75, 3.05) is 5.32 Å². The summed E-state index contributed by atoms with van der Waals surface area (Å²) in [5.74, 6) is -0.643. The van der Waals surface area contributed by atoms with Crippen molar-refractivity contribution >= 4 is 35.0 Å². The zero-order valence-corrected chi connectivity index (χ0v) is 14.6. The van der Waals surface area contributed by atoms with Crippen LogP contribution in [-0.4, -0.2) is 21.4 Å². The van der Waals surface area contributed by atoms with E-state index in [0.29, 0.717) is 10.7 Å². The lowest BCUT2D eigenvalue weighted by molar-refractivity contribution is -0.115. The third-order valence-corrected chi connectivity index (χ3v) is 4.55. The smallest absolute Gasteiger partial charge is 0.277 e. The lowest BCUT2D eigenvalue weighted by Crippen LogP contribution is -2.22. The van der Waals surface area contributed by atoms with Gasteiger partial charge in [0.1, 0.15) is 5.82 Å². The molecule has 0 fully saturated rings. The fourth-order valence-corrected chi connectivity index (χ4v) is 2.87. The topological polar surface area (TPSA) is 68.0 Å². The van der Waals surface area contributed by atoms with E-state index in [0.717, 1.165) is 11.8 Å². The van der Waals surface area contributed by atoms with Gasteiger partial charge in [-0.1, -0.05) is 47.6 Å². The third-order valence-electron chi connectivity index (χ3n) is 3.29. The largest absolute Gasteiger partial charge is 0.411 e. The molecule has 0 aliphatic carbocycles. The van der Waals surface area contributed by atoms with E-state index in [1.165, 1.54) is 6.07 Å². The van der Waals surface area contributed by atoms with Gasteiger partial charge in [0, 0.05) is 0 Å². The first-order valence-corrected chi connectivity index (χ1v) is 8.61. The molecule has 8 heteroatoms. The first-order valence-electron chi connectivity index (χ1n) is 7.35. The maximum atomic E-state index is 13.7. The first kappa shape index (κ1) is 17.4. The molecule has 0 bridgehead atoms. The Balaban J connectivity index is 1.67. The molecular weight excluding hydrogens is 365 g/mol. The molecule has 0 saturated heterocycles. The van der Waals surface area contributed by atoms with Crippen molar-refractivity contribution < 1.29 is 13.6 Å². The number of hydrogen-bond acceptors (Lipinski definition) is 5. The number of thioether (sulfide) groups is 1. The minimum Gasteiger partial charge on any atom is -0.411 e. The number of aromatic nitrogens is 2. The number of rotatable bonds is 5. The average Bonchev–Trinajstić information content (AvgIpc) is 3.05. The minimum atomic E-state index is -0.509. The molecule has 0 aliphatic rings. The minimum absolute atomic E-state index is 0.0688. The summed E-state index contributed by atoms with van der Waals surface area (Å²) in [6.07, 6.45) is 0. The molecule has 3 aromatic rings. The van der Waals surface area contributed by atoms with Crippen molar-refractivity contribution in [3.8, 4) is 11.5 Å². The highest BCUT2D eigenvalue weighted by Gasteiger charge is 2.20. The van der Waals surface area contributed by atoms with Gasteiger partial charge in [-0.2, -0.15) is 0 Å². The molecular formula is C17H13ClFN3O2S. The normalized spacial score (nSPS) is 12.0. The molecule has 1 N–H and O–H groups in total. The van der Waals surface area contributed by atoms with Crippen LogP contribution in [0.3, 0.4) is 0 Å².